The minimum absolute atomic E-state index is 0.00216. The van der Waals surface area contributed by atoms with Crippen molar-refractivity contribution in [3.05, 3.63) is 71.8 Å². The van der Waals surface area contributed by atoms with E-state index in [2.05, 4.69) is 48.3 Å². The van der Waals surface area contributed by atoms with E-state index in [9.17, 15) is 5.11 Å². The molecular formula is C22H25NO. The maximum atomic E-state index is 11.2. The van der Waals surface area contributed by atoms with Gasteiger partial charge in [-0.1, -0.05) is 66.8 Å². The first-order valence-electron chi connectivity index (χ1n) is 8.79. The van der Waals surface area contributed by atoms with Crippen LogP contribution in [-0.2, 0) is 0 Å². The molecule has 0 heterocycles. The SMILES string of the molecule is C[C@H](N[C@@H]1CCCC[C@@]1(O)C#Cc1ccccc1)c1ccccc1. The molecule has 1 aliphatic carbocycles. The van der Waals surface area contributed by atoms with E-state index < -0.39 is 5.60 Å². The second-order valence-electron chi connectivity index (χ2n) is 6.64. The topological polar surface area (TPSA) is 32.3 Å². The summed E-state index contributed by atoms with van der Waals surface area (Å²) in [5.41, 5.74) is 1.23. The Bertz CT molecular complexity index is 701. The molecule has 0 bridgehead atoms. The molecule has 0 amide bonds. The van der Waals surface area contributed by atoms with Gasteiger partial charge in [-0.2, -0.15) is 0 Å². The summed E-state index contributed by atoms with van der Waals surface area (Å²) in [6.07, 6.45) is 3.84. The Morgan fingerprint density at radius 1 is 1.04 bits per heavy atom. The van der Waals surface area contributed by atoms with E-state index in [0.717, 1.165) is 31.2 Å². The number of benzene rings is 2. The Morgan fingerprint density at radius 3 is 2.42 bits per heavy atom. The summed E-state index contributed by atoms with van der Waals surface area (Å²) in [7, 11) is 0. The highest BCUT2D eigenvalue weighted by Gasteiger charge is 2.38. The Balaban J connectivity index is 1.76. The fourth-order valence-electron chi connectivity index (χ4n) is 3.37. The van der Waals surface area contributed by atoms with Crippen LogP contribution >= 0.6 is 0 Å². The van der Waals surface area contributed by atoms with E-state index in [1.165, 1.54) is 5.56 Å². The van der Waals surface area contributed by atoms with Crippen LogP contribution < -0.4 is 5.32 Å². The van der Waals surface area contributed by atoms with Crippen molar-refractivity contribution in [2.75, 3.05) is 0 Å². The lowest BCUT2D eigenvalue weighted by Gasteiger charge is -2.38. The zero-order chi connectivity index (χ0) is 16.8. The van der Waals surface area contributed by atoms with Gasteiger partial charge < -0.3 is 10.4 Å². The zero-order valence-electron chi connectivity index (χ0n) is 14.2. The minimum atomic E-state index is -0.961. The molecule has 1 saturated carbocycles. The first-order chi connectivity index (χ1) is 11.7. The van der Waals surface area contributed by atoms with Crippen molar-refractivity contribution in [3.8, 4) is 11.8 Å². The normalized spacial score (nSPS) is 24.7. The summed E-state index contributed by atoms with van der Waals surface area (Å²) in [6, 6.07) is 20.4. The number of aliphatic hydroxyl groups is 1. The molecule has 2 aromatic carbocycles. The van der Waals surface area contributed by atoms with Crippen LogP contribution in [0, 0.1) is 11.8 Å². The Kier molecular flexibility index (Phi) is 5.35. The maximum Gasteiger partial charge on any atom is 0.141 e. The van der Waals surface area contributed by atoms with Crippen molar-refractivity contribution in [3.63, 3.8) is 0 Å². The Labute approximate surface area is 144 Å². The van der Waals surface area contributed by atoms with E-state index >= 15 is 0 Å². The molecule has 1 aliphatic rings. The Hall–Kier alpha value is -2.08. The average molecular weight is 319 g/mol. The van der Waals surface area contributed by atoms with Crippen LogP contribution in [0.3, 0.4) is 0 Å². The summed E-state index contributed by atoms with van der Waals surface area (Å²) in [5, 5.41) is 14.8. The quantitative estimate of drug-likeness (QED) is 0.836. The van der Waals surface area contributed by atoms with E-state index in [4.69, 9.17) is 0 Å². The van der Waals surface area contributed by atoms with Crippen molar-refractivity contribution in [1.82, 2.24) is 5.32 Å². The van der Waals surface area contributed by atoms with E-state index in [0.29, 0.717) is 0 Å². The van der Waals surface area contributed by atoms with Crippen LogP contribution in [0.15, 0.2) is 60.7 Å². The largest absolute Gasteiger partial charge is 0.376 e. The van der Waals surface area contributed by atoms with Crippen LogP contribution in [0.1, 0.15) is 49.8 Å². The number of nitrogens with one attached hydrogen (secondary N) is 1. The highest BCUT2D eigenvalue weighted by atomic mass is 16.3. The predicted molar refractivity (Wildman–Crippen MR) is 98.5 cm³/mol. The minimum Gasteiger partial charge on any atom is -0.376 e. The molecule has 24 heavy (non-hydrogen) atoms. The summed E-state index contributed by atoms with van der Waals surface area (Å²) in [6.45, 7) is 2.15. The van der Waals surface area contributed by atoms with E-state index in [-0.39, 0.29) is 12.1 Å². The summed E-state index contributed by atoms with van der Waals surface area (Å²) in [4.78, 5) is 0. The van der Waals surface area contributed by atoms with Crippen LogP contribution in [0.25, 0.3) is 0 Å². The first kappa shape index (κ1) is 16.8. The van der Waals surface area contributed by atoms with Crippen molar-refractivity contribution < 1.29 is 5.11 Å². The highest BCUT2D eigenvalue weighted by Crippen LogP contribution is 2.30. The van der Waals surface area contributed by atoms with Gasteiger partial charge in [0.05, 0.1) is 0 Å². The summed E-state index contributed by atoms with van der Waals surface area (Å²) >= 11 is 0. The van der Waals surface area contributed by atoms with Gasteiger partial charge >= 0.3 is 0 Å². The van der Waals surface area contributed by atoms with Crippen molar-refractivity contribution in [2.45, 2.75) is 50.3 Å². The summed E-state index contributed by atoms with van der Waals surface area (Å²) < 4.78 is 0. The second kappa shape index (κ2) is 7.66. The summed E-state index contributed by atoms with van der Waals surface area (Å²) in [5.74, 6) is 6.32. The van der Waals surface area contributed by atoms with Crippen LogP contribution in [0.4, 0.5) is 0 Å². The monoisotopic (exact) mass is 319 g/mol. The van der Waals surface area contributed by atoms with Gasteiger partial charge in [0.2, 0.25) is 0 Å². The van der Waals surface area contributed by atoms with Crippen molar-refractivity contribution in [1.29, 1.82) is 0 Å². The molecule has 124 valence electrons. The molecule has 0 unspecified atom stereocenters. The van der Waals surface area contributed by atoms with Gasteiger partial charge in [0, 0.05) is 17.6 Å². The number of rotatable bonds is 3. The molecule has 0 spiro atoms. The number of hydrogen-bond donors (Lipinski definition) is 2. The van der Waals surface area contributed by atoms with Crippen LogP contribution in [-0.4, -0.2) is 16.7 Å². The average Bonchev–Trinajstić information content (AvgIpc) is 2.64. The third-order valence-electron chi connectivity index (χ3n) is 4.83. The van der Waals surface area contributed by atoms with Crippen molar-refractivity contribution >= 4 is 0 Å². The van der Waals surface area contributed by atoms with Gasteiger partial charge in [0.1, 0.15) is 5.60 Å². The highest BCUT2D eigenvalue weighted by molar-refractivity contribution is 5.37. The van der Waals surface area contributed by atoms with Crippen LogP contribution in [0.2, 0.25) is 0 Å². The zero-order valence-corrected chi connectivity index (χ0v) is 14.2. The molecule has 3 atom stereocenters. The molecule has 2 N–H and O–H groups in total. The fourth-order valence-corrected chi connectivity index (χ4v) is 3.37. The smallest absolute Gasteiger partial charge is 0.141 e. The van der Waals surface area contributed by atoms with E-state index in [1.807, 2.05) is 36.4 Å². The third kappa shape index (κ3) is 4.06. The molecular weight excluding hydrogens is 294 g/mol. The lowest BCUT2D eigenvalue weighted by Crippen LogP contribution is -2.52. The maximum absolute atomic E-state index is 11.2. The lowest BCUT2D eigenvalue weighted by atomic mass is 9.80. The van der Waals surface area contributed by atoms with Gasteiger partial charge in [-0.15, -0.1) is 0 Å². The standard InChI is InChI=1S/C22H25NO/c1-18(20-12-6-3-7-13-20)23-21-14-8-9-16-22(21,24)17-15-19-10-4-2-5-11-19/h2-7,10-13,18,21,23-24H,8-9,14,16H2,1H3/t18-,21+,22+/m0/s1. The first-order valence-corrected chi connectivity index (χ1v) is 8.79. The molecule has 2 heteroatoms. The molecule has 2 aromatic rings. The van der Waals surface area contributed by atoms with Crippen molar-refractivity contribution in [2.24, 2.45) is 0 Å². The van der Waals surface area contributed by atoms with Crippen LogP contribution in [0.5, 0.6) is 0 Å². The molecule has 0 saturated heterocycles. The Morgan fingerprint density at radius 2 is 1.71 bits per heavy atom. The van der Waals surface area contributed by atoms with Gasteiger partial charge in [-0.3, -0.25) is 0 Å². The van der Waals surface area contributed by atoms with E-state index in [1.54, 1.807) is 0 Å². The molecule has 0 radical (unpaired) electrons. The van der Waals surface area contributed by atoms with Gasteiger partial charge in [0.25, 0.3) is 0 Å². The molecule has 1 fully saturated rings. The second-order valence-corrected chi connectivity index (χ2v) is 6.64. The van der Waals surface area contributed by atoms with Gasteiger partial charge in [0.15, 0.2) is 0 Å². The molecule has 2 nitrogen and oxygen atoms in total. The van der Waals surface area contributed by atoms with Gasteiger partial charge in [-0.05, 0) is 43.9 Å². The number of hydrogen-bond acceptors (Lipinski definition) is 2. The predicted octanol–water partition coefficient (Wildman–Crippen LogP) is 4.06. The lowest BCUT2D eigenvalue weighted by molar-refractivity contribution is 0.0221. The molecule has 3 rings (SSSR count). The third-order valence-corrected chi connectivity index (χ3v) is 4.83. The molecule has 0 aromatic heterocycles. The van der Waals surface area contributed by atoms with Gasteiger partial charge in [-0.25, -0.2) is 0 Å². The molecule has 0 aliphatic heterocycles. The fraction of sp³-hybridized carbons (Fsp3) is 0.364.